The highest BCUT2D eigenvalue weighted by Gasteiger charge is 2.18. The van der Waals surface area contributed by atoms with E-state index >= 15 is 0 Å². The van der Waals surface area contributed by atoms with E-state index in [4.69, 9.17) is 5.73 Å². The molecule has 2 aliphatic heterocycles. The number of amidine groups is 1. The molecule has 0 spiro atoms. The Bertz CT molecular complexity index is 326. The second-order valence-electron chi connectivity index (χ2n) is 2.48. The average molecular weight is 164 g/mol. The number of rotatable bonds is 0. The molecule has 3 N–H and O–H groups in total. The Hall–Kier alpha value is -1.78. The Labute approximate surface area is 69.2 Å². The van der Waals surface area contributed by atoms with Gasteiger partial charge in [-0.15, -0.1) is 0 Å². The second-order valence-corrected chi connectivity index (χ2v) is 2.48. The van der Waals surface area contributed by atoms with E-state index in [1.165, 1.54) is 6.08 Å². The van der Waals surface area contributed by atoms with Crippen molar-refractivity contribution < 1.29 is 5.11 Å². The Balaban J connectivity index is 2.42. The van der Waals surface area contributed by atoms with Gasteiger partial charge in [-0.3, -0.25) is 10.0 Å². The lowest BCUT2D eigenvalue weighted by atomic mass is 10.3. The van der Waals surface area contributed by atoms with Crippen molar-refractivity contribution in [2.45, 2.75) is 0 Å². The van der Waals surface area contributed by atoms with Crippen LogP contribution in [0, 0.1) is 0 Å². The maximum absolute atomic E-state index is 9.39. The minimum atomic E-state index is 0.111. The minimum Gasteiger partial charge on any atom is -0.505 e. The second kappa shape index (κ2) is 2.37. The lowest BCUT2D eigenvalue weighted by molar-refractivity contribution is 0.334. The minimum absolute atomic E-state index is 0.111. The van der Waals surface area contributed by atoms with Gasteiger partial charge in [-0.25, -0.2) is 0 Å². The first-order valence-corrected chi connectivity index (χ1v) is 3.52. The van der Waals surface area contributed by atoms with E-state index in [1.54, 1.807) is 17.4 Å². The normalized spacial score (nSPS) is 21.0. The third-order valence-electron chi connectivity index (χ3n) is 1.62. The molecule has 2 heterocycles. The van der Waals surface area contributed by atoms with E-state index in [0.29, 0.717) is 18.1 Å². The molecule has 0 saturated carbocycles. The molecular formula is C7H8N4O. The van der Waals surface area contributed by atoms with Crippen LogP contribution in [0.15, 0.2) is 33.8 Å². The molecule has 0 aliphatic carbocycles. The van der Waals surface area contributed by atoms with Gasteiger partial charge >= 0.3 is 0 Å². The van der Waals surface area contributed by atoms with Crippen molar-refractivity contribution in [2.75, 3.05) is 6.54 Å². The molecule has 5 nitrogen and oxygen atoms in total. The summed E-state index contributed by atoms with van der Waals surface area (Å²) in [6.07, 6.45) is 4.65. The maximum atomic E-state index is 9.39. The highest BCUT2D eigenvalue weighted by atomic mass is 16.3. The molecule has 0 atom stereocenters. The van der Waals surface area contributed by atoms with Crippen molar-refractivity contribution in [3.63, 3.8) is 0 Å². The van der Waals surface area contributed by atoms with Gasteiger partial charge in [0.1, 0.15) is 17.3 Å². The predicted molar refractivity (Wildman–Crippen MR) is 45.6 cm³/mol. The van der Waals surface area contributed by atoms with E-state index in [1.807, 2.05) is 0 Å². The van der Waals surface area contributed by atoms with Crippen LogP contribution < -0.4 is 5.73 Å². The van der Waals surface area contributed by atoms with Crippen molar-refractivity contribution in [2.24, 2.45) is 15.8 Å². The van der Waals surface area contributed by atoms with Crippen molar-refractivity contribution in [3.8, 4) is 0 Å². The van der Waals surface area contributed by atoms with Crippen molar-refractivity contribution in [1.82, 2.24) is 5.01 Å². The molecule has 2 aliphatic rings. The average Bonchev–Trinajstić information content (AvgIpc) is 2.04. The van der Waals surface area contributed by atoms with E-state index in [2.05, 4.69) is 10.1 Å². The first kappa shape index (κ1) is 6.90. The van der Waals surface area contributed by atoms with Crippen LogP contribution >= 0.6 is 0 Å². The number of aliphatic imine (C=N–C) groups is 1. The smallest absolute Gasteiger partial charge is 0.147 e. The molecule has 0 radical (unpaired) electrons. The summed E-state index contributed by atoms with van der Waals surface area (Å²) < 4.78 is 0. The molecule has 62 valence electrons. The molecule has 0 aromatic heterocycles. The van der Waals surface area contributed by atoms with Gasteiger partial charge in [-0.2, -0.15) is 5.10 Å². The van der Waals surface area contributed by atoms with Crippen molar-refractivity contribution in [1.29, 1.82) is 0 Å². The molecule has 0 bridgehead atoms. The summed E-state index contributed by atoms with van der Waals surface area (Å²) in [5.74, 6) is 0.416. The number of hydrogen-bond acceptors (Lipinski definition) is 5. The number of hydrazone groups is 1. The fraction of sp³-hybridized carbons (Fsp3) is 0.143. The van der Waals surface area contributed by atoms with Gasteiger partial charge in [0, 0.05) is 12.3 Å². The Morgan fingerprint density at radius 3 is 3.25 bits per heavy atom. The molecule has 0 aromatic rings. The summed E-state index contributed by atoms with van der Waals surface area (Å²) in [6.45, 7) is 0.546. The van der Waals surface area contributed by atoms with Crippen LogP contribution in [0.2, 0.25) is 0 Å². The van der Waals surface area contributed by atoms with Crippen molar-refractivity contribution >= 4 is 12.1 Å². The van der Waals surface area contributed by atoms with Crippen LogP contribution in [0.3, 0.4) is 0 Å². The highest BCUT2D eigenvalue weighted by Crippen LogP contribution is 2.18. The topological polar surface area (TPSA) is 74.2 Å². The number of nitrogens with zero attached hydrogens (tertiary/aromatic N) is 3. The summed E-state index contributed by atoms with van der Waals surface area (Å²) >= 11 is 0. The molecule has 12 heavy (non-hydrogen) atoms. The van der Waals surface area contributed by atoms with E-state index in [9.17, 15) is 5.11 Å². The number of aliphatic hydroxyl groups excluding tert-OH is 1. The summed E-state index contributed by atoms with van der Waals surface area (Å²) in [4.78, 5) is 3.90. The Morgan fingerprint density at radius 1 is 1.58 bits per heavy atom. The lowest BCUT2D eigenvalue weighted by Crippen LogP contribution is -2.30. The van der Waals surface area contributed by atoms with Crippen LogP contribution in [0.5, 0.6) is 0 Å². The molecule has 0 fully saturated rings. The summed E-state index contributed by atoms with van der Waals surface area (Å²) in [6, 6.07) is 0. The molecule has 2 rings (SSSR count). The quantitative estimate of drug-likeness (QED) is 0.526. The van der Waals surface area contributed by atoms with E-state index in [0.717, 1.165) is 0 Å². The van der Waals surface area contributed by atoms with Crippen molar-refractivity contribution in [3.05, 3.63) is 23.7 Å². The lowest BCUT2D eigenvalue weighted by Gasteiger charge is -2.24. The number of hydrogen-bond donors (Lipinski definition) is 2. The fourth-order valence-corrected chi connectivity index (χ4v) is 1.09. The molecule has 0 saturated heterocycles. The van der Waals surface area contributed by atoms with Gasteiger partial charge in [-0.1, -0.05) is 0 Å². The van der Waals surface area contributed by atoms with Gasteiger partial charge in [0.15, 0.2) is 0 Å². The summed E-state index contributed by atoms with van der Waals surface area (Å²) in [5.41, 5.74) is 6.02. The standard InChI is InChI=1S/C7H8N4O/c8-7-3-6(12)5-4-9-1-2-11(5)10-7/h1,3-4,12H,2H2,(H2,8,10). The molecule has 5 heteroatoms. The van der Waals surface area contributed by atoms with E-state index < -0.39 is 0 Å². The SMILES string of the molecule is NC1=NN2CC=NC=C2C(O)=C1. The number of aliphatic hydroxyl groups is 1. The largest absolute Gasteiger partial charge is 0.505 e. The van der Waals surface area contributed by atoms with Gasteiger partial charge in [-0.05, 0) is 0 Å². The monoisotopic (exact) mass is 164 g/mol. The van der Waals surface area contributed by atoms with Gasteiger partial charge in [0.2, 0.25) is 0 Å². The Kier molecular flexibility index (Phi) is 1.36. The maximum Gasteiger partial charge on any atom is 0.147 e. The predicted octanol–water partition coefficient (Wildman–Crippen LogP) is -0.0581. The first-order valence-electron chi connectivity index (χ1n) is 3.52. The third kappa shape index (κ3) is 0.952. The summed E-state index contributed by atoms with van der Waals surface area (Å²) in [7, 11) is 0. The first-order chi connectivity index (χ1) is 5.77. The Morgan fingerprint density at radius 2 is 2.42 bits per heavy atom. The van der Waals surface area contributed by atoms with Crippen LogP contribution in [-0.2, 0) is 0 Å². The fourth-order valence-electron chi connectivity index (χ4n) is 1.09. The zero-order valence-corrected chi connectivity index (χ0v) is 6.31. The van der Waals surface area contributed by atoms with Gasteiger partial charge < -0.3 is 10.8 Å². The number of fused-ring (bicyclic) bond motifs is 1. The molecule has 0 aromatic carbocycles. The number of nitrogens with two attached hydrogens (primary N) is 1. The summed E-state index contributed by atoms with van der Waals surface area (Å²) in [5, 5.41) is 15.0. The zero-order valence-electron chi connectivity index (χ0n) is 6.31. The zero-order chi connectivity index (χ0) is 8.55. The molecule has 0 unspecified atom stereocenters. The van der Waals surface area contributed by atoms with Gasteiger partial charge in [0.25, 0.3) is 0 Å². The van der Waals surface area contributed by atoms with Crippen LogP contribution in [0.25, 0.3) is 0 Å². The highest BCUT2D eigenvalue weighted by molar-refractivity contribution is 5.93. The van der Waals surface area contributed by atoms with Crippen LogP contribution in [-0.4, -0.2) is 28.7 Å². The van der Waals surface area contributed by atoms with Gasteiger partial charge in [0.05, 0.1) is 12.7 Å². The molecule has 0 amide bonds. The van der Waals surface area contributed by atoms with Crippen LogP contribution in [0.1, 0.15) is 0 Å². The van der Waals surface area contributed by atoms with E-state index in [-0.39, 0.29) is 5.76 Å². The molecular weight excluding hydrogens is 156 g/mol. The van der Waals surface area contributed by atoms with Crippen LogP contribution in [0.4, 0.5) is 0 Å². The third-order valence-corrected chi connectivity index (χ3v) is 1.62.